The van der Waals surface area contributed by atoms with Crippen molar-refractivity contribution in [1.82, 2.24) is 14.9 Å². The summed E-state index contributed by atoms with van der Waals surface area (Å²) in [6, 6.07) is 5.64. The third-order valence-corrected chi connectivity index (χ3v) is 6.82. The number of benzene rings is 2. The van der Waals surface area contributed by atoms with E-state index in [-0.39, 0.29) is 30.1 Å². The summed E-state index contributed by atoms with van der Waals surface area (Å²) < 4.78 is 60.1. The summed E-state index contributed by atoms with van der Waals surface area (Å²) >= 11 is 0. The maximum absolute atomic E-state index is 14.8. The predicted molar refractivity (Wildman–Crippen MR) is 130 cm³/mol. The number of anilines is 1. The Morgan fingerprint density at radius 1 is 1.22 bits per heavy atom. The van der Waals surface area contributed by atoms with Crippen molar-refractivity contribution in [2.75, 3.05) is 25.5 Å². The number of hydrogen-bond donors (Lipinski definition) is 2. The van der Waals surface area contributed by atoms with Crippen LogP contribution in [0.1, 0.15) is 55.2 Å². The molecule has 1 saturated heterocycles. The Hall–Kier alpha value is -3.47. The zero-order valence-corrected chi connectivity index (χ0v) is 20.9. The van der Waals surface area contributed by atoms with Crippen molar-refractivity contribution in [2.24, 2.45) is 0 Å². The minimum absolute atomic E-state index is 0.0706. The molecule has 0 aliphatic carbocycles. The van der Waals surface area contributed by atoms with E-state index >= 15 is 0 Å². The molecule has 198 valence electrons. The molecule has 1 atom stereocenters. The monoisotopic (exact) mass is 520 g/mol. The molecule has 1 fully saturated rings. The van der Waals surface area contributed by atoms with Gasteiger partial charge in [-0.3, -0.25) is 4.79 Å². The molecule has 0 saturated carbocycles. The Labute approximate surface area is 211 Å². The van der Waals surface area contributed by atoms with Crippen LogP contribution < -0.4 is 10.1 Å². The maximum atomic E-state index is 14.8. The van der Waals surface area contributed by atoms with Gasteiger partial charge in [-0.25, -0.2) is 14.4 Å². The van der Waals surface area contributed by atoms with Crippen LogP contribution >= 0.6 is 0 Å². The number of carbonyl (C=O) groups excluding carboxylic acids is 1. The predicted octanol–water partition coefficient (Wildman–Crippen LogP) is 5.11. The number of alkyl halides is 3. The smallest absolute Gasteiger partial charge is 0.419 e. The molecule has 1 aliphatic rings. The second-order valence-electron chi connectivity index (χ2n) is 9.30. The van der Waals surface area contributed by atoms with Crippen molar-refractivity contribution in [3.8, 4) is 5.75 Å². The van der Waals surface area contributed by atoms with Crippen LogP contribution in [-0.2, 0) is 16.6 Å². The quantitative estimate of drug-likeness (QED) is 0.455. The average Bonchev–Trinajstić information content (AvgIpc) is 2.82. The zero-order valence-electron chi connectivity index (χ0n) is 20.9. The number of carbonyl (C=O) groups is 1. The fraction of sp³-hybridized carbons (Fsp3) is 0.423. The van der Waals surface area contributed by atoms with Gasteiger partial charge in [-0.15, -0.1) is 0 Å². The number of nitrogens with one attached hydrogen (secondary N) is 1. The van der Waals surface area contributed by atoms with Crippen LogP contribution in [0.2, 0.25) is 0 Å². The summed E-state index contributed by atoms with van der Waals surface area (Å²) in [7, 11) is 1.48. The van der Waals surface area contributed by atoms with Gasteiger partial charge >= 0.3 is 6.18 Å². The average molecular weight is 521 g/mol. The third kappa shape index (κ3) is 5.18. The number of aliphatic hydroxyl groups is 1. The molecule has 37 heavy (non-hydrogen) atoms. The second-order valence-corrected chi connectivity index (χ2v) is 9.30. The van der Waals surface area contributed by atoms with E-state index in [0.717, 1.165) is 6.07 Å². The number of likely N-dealkylation sites (tertiary alicyclic amines) is 1. The second kappa shape index (κ2) is 9.77. The summed E-state index contributed by atoms with van der Waals surface area (Å²) in [5, 5.41) is 15.0. The number of amides is 1. The zero-order chi connectivity index (χ0) is 27.1. The van der Waals surface area contributed by atoms with E-state index in [1.165, 1.54) is 27.0 Å². The summed E-state index contributed by atoms with van der Waals surface area (Å²) in [5.41, 5.74) is -1.82. The number of fused-ring (bicyclic) bond motifs is 1. The Bertz CT molecular complexity index is 1340. The lowest BCUT2D eigenvalue weighted by atomic mass is 9.83. The van der Waals surface area contributed by atoms with Crippen molar-refractivity contribution in [3.63, 3.8) is 0 Å². The first-order valence-corrected chi connectivity index (χ1v) is 11.8. The highest BCUT2D eigenvalue weighted by Crippen LogP contribution is 2.42. The highest BCUT2D eigenvalue weighted by molar-refractivity contribution is 5.91. The number of aromatic nitrogens is 2. The number of hydrogen-bond acceptors (Lipinski definition) is 6. The molecular formula is C26H28F4N4O3. The van der Waals surface area contributed by atoms with Crippen LogP contribution in [0.5, 0.6) is 5.75 Å². The SMILES string of the molecule is COc1cc2nc(C)nc(NC(C)c3cccc(C(F)(F)F)c3F)c2cc1C1(O)CCN(C(C)=O)CC1. The number of nitrogens with zero attached hydrogens (tertiary/aromatic N) is 3. The lowest BCUT2D eigenvalue weighted by molar-refractivity contribution is -0.140. The lowest BCUT2D eigenvalue weighted by Crippen LogP contribution is -2.44. The van der Waals surface area contributed by atoms with Gasteiger partial charge in [-0.2, -0.15) is 13.2 Å². The standard InChI is InChI=1S/C26H28F4N4O3/c1-14(17-6-5-7-19(23(17)27)26(28,29)30)31-24-18-12-20(22(37-4)13-21(18)32-15(2)33-24)25(36)8-10-34(11-9-25)16(3)35/h5-7,12-14,36H,8-11H2,1-4H3,(H,31,32,33). The maximum Gasteiger partial charge on any atom is 0.419 e. The van der Waals surface area contributed by atoms with Crippen LogP contribution in [0.15, 0.2) is 30.3 Å². The molecule has 1 aromatic heterocycles. The number of methoxy groups -OCH3 is 1. The molecule has 0 radical (unpaired) electrons. The molecule has 11 heteroatoms. The van der Waals surface area contributed by atoms with Crippen molar-refractivity contribution in [1.29, 1.82) is 0 Å². The first-order chi connectivity index (χ1) is 17.3. The molecule has 0 bridgehead atoms. The largest absolute Gasteiger partial charge is 0.496 e. The van der Waals surface area contributed by atoms with E-state index in [0.29, 0.717) is 47.2 Å². The third-order valence-electron chi connectivity index (χ3n) is 6.82. The number of ether oxygens (including phenoxy) is 1. The van der Waals surface area contributed by atoms with E-state index in [4.69, 9.17) is 4.74 Å². The van der Waals surface area contributed by atoms with Crippen LogP contribution in [0.4, 0.5) is 23.4 Å². The molecule has 1 unspecified atom stereocenters. The van der Waals surface area contributed by atoms with Crippen LogP contribution in [0, 0.1) is 12.7 Å². The molecule has 7 nitrogen and oxygen atoms in total. The molecule has 4 rings (SSSR count). The number of aryl methyl sites for hydroxylation is 1. The van der Waals surface area contributed by atoms with Crippen LogP contribution in [0.3, 0.4) is 0 Å². The highest BCUT2D eigenvalue weighted by atomic mass is 19.4. The fourth-order valence-electron chi connectivity index (χ4n) is 4.76. The molecule has 1 amide bonds. The normalized spacial score (nSPS) is 16.5. The van der Waals surface area contributed by atoms with E-state index < -0.39 is 29.2 Å². The molecule has 2 aromatic carbocycles. The van der Waals surface area contributed by atoms with Gasteiger partial charge in [0.25, 0.3) is 0 Å². The Morgan fingerprint density at radius 3 is 2.49 bits per heavy atom. The Balaban J connectivity index is 1.76. The number of halogens is 4. The highest BCUT2D eigenvalue weighted by Gasteiger charge is 2.38. The summed E-state index contributed by atoms with van der Waals surface area (Å²) in [6.45, 7) is 5.42. The van der Waals surface area contributed by atoms with E-state index in [2.05, 4.69) is 15.3 Å². The van der Waals surface area contributed by atoms with Crippen LogP contribution in [0.25, 0.3) is 10.9 Å². The molecule has 1 aliphatic heterocycles. The first kappa shape index (κ1) is 26.6. The van der Waals surface area contributed by atoms with E-state index in [1.807, 2.05) is 0 Å². The molecule has 2 N–H and O–H groups in total. The first-order valence-electron chi connectivity index (χ1n) is 11.8. The fourth-order valence-corrected chi connectivity index (χ4v) is 4.76. The van der Waals surface area contributed by atoms with Gasteiger partial charge < -0.3 is 20.1 Å². The minimum atomic E-state index is -4.82. The van der Waals surface area contributed by atoms with Gasteiger partial charge in [0, 0.05) is 42.6 Å². The Kier molecular flexibility index (Phi) is 7.02. The van der Waals surface area contributed by atoms with Gasteiger partial charge in [0.15, 0.2) is 0 Å². The summed E-state index contributed by atoms with van der Waals surface area (Å²) in [4.78, 5) is 22.3. The van der Waals surface area contributed by atoms with Crippen molar-refractivity contribution < 1.29 is 32.2 Å². The van der Waals surface area contributed by atoms with Gasteiger partial charge in [-0.1, -0.05) is 12.1 Å². The van der Waals surface area contributed by atoms with Crippen molar-refractivity contribution >= 4 is 22.6 Å². The van der Waals surface area contributed by atoms with Gasteiger partial charge in [0.2, 0.25) is 5.91 Å². The van der Waals surface area contributed by atoms with Gasteiger partial charge in [0.1, 0.15) is 23.2 Å². The molecular weight excluding hydrogens is 492 g/mol. The Morgan fingerprint density at radius 2 is 1.89 bits per heavy atom. The van der Waals surface area contributed by atoms with Gasteiger partial charge in [-0.05, 0) is 38.8 Å². The lowest BCUT2D eigenvalue weighted by Gasteiger charge is -2.38. The van der Waals surface area contributed by atoms with Crippen molar-refractivity contribution in [3.05, 3.63) is 58.7 Å². The molecule has 0 spiro atoms. The summed E-state index contributed by atoms with van der Waals surface area (Å²) in [6.07, 6.45) is -4.25. The molecule has 3 aromatic rings. The van der Waals surface area contributed by atoms with E-state index in [9.17, 15) is 27.5 Å². The van der Waals surface area contributed by atoms with Crippen molar-refractivity contribution in [2.45, 2.75) is 51.4 Å². The number of piperidine rings is 1. The van der Waals surface area contributed by atoms with E-state index in [1.54, 1.807) is 24.0 Å². The topological polar surface area (TPSA) is 87.6 Å². The number of rotatable bonds is 5. The van der Waals surface area contributed by atoms with Crippen LogP contribution in [-0.4, -0.2) is 46.1 Å². The summed E-state index contributed by atoms with van der Waals surface area (Å²) in [5.74, 6) is -0.347. The molecule has 2 heterocycles. The van der Waals surface area contributed by atoms with Gasteiger partial charge in [0.05, 0.1) is 29.8 Å². The minimum Gasteiger partial charge on any atom is -0.496 e.